The summed E-state index contributed by atoms with van der Waals surface area (Å²) in [6, 6.07) is 12.0. The Kier molecular flexibility index (Phi) is 4.80. The van der Waals surface area contributed by atoms with E-state index in [2.05, 4.69) is 25.0 Å². The second kappa shape index (κ2) is 7.41. The first-order valence-electron chi connectivity index (χ1n) is 8.27. The molecule has 0 bridgehead atoms. The Balaban J connectivity index is 1.51. The number of nitrogens with zero attached hydrogens (tertiary/aromatic N) is 4. The molecule has 4 rings (SSSR count). The average Bonchev–Trinajstić information content (AvgIpc) is 3.37. The predicted molar refractivity (Wildman–Crippen MR) is 109 cm³/mol. The summed E-state index contributed by atoms with van der Waals surface area (Å²) in [6.45, 7) is 1.81. The normalized spacial score (nSPS) is 11.3. The summed E-state index contributed by atoms with van der Waals surface area (Å²) in [5.41, 5.74) is 1.26. The molecule has 0 aliphatic rings. The molecule has 8 nitrogen and oxygen atoms in total. The standard InChI is InChI=1S/C18H16N6O2S2/c1-13-20-16(11-17(21-13)24-9-8-19-12-24)22-14-4-6-15(7-5-14)23-28(25,26)18-3-2-10-27-18/h2-12,23H,1H3,(H,20,21,22). The molecule has 1 aromatic carbocycles. The van der Waals surface area contributed by atoms with Crippen molar-refractivity contribution >= 4 is 38.6 Å². The lowest BCUT2D eigenvalue weighted by atomic mass is 10.3. The number of hydrogen-bond acceptors (Lipinski definition) is 7. The third kappa shape index (κ3) is 4.02. The Morgan fingerprint density at radius 3 is 2.54 bits per heavy atom. The van der Waals surface area contributed by atoms with Crippen molar-refractivity contribution in [3.05, 3.63) is 72.4 Å². The number of hydrogen-bond donors (Lipinski definition) is 2. The number of anilines is 3. The summed E-state index contributed by atoms with van der Waals surface area (Å²) in [7, 11) is -3.56. The molecule has 3 aromatic heterocycles. The largest absolute Gasteiger partial charge is 0.340 e. The van der Waals surface area contributed by atoms with E-state index in [4.69, 9.17) is 0 Å². The van der Waals surface area contributed by atoms with Crippen LogP contribution >= 0.6 is 11.3 Å². The monoisotopic (exact) mass is 412 g/mol. The molecule has 4 aromatic rings. The number of aryl methyl sites for hydroxylation is 1. The van der Waals surface area contributed by atoms with Crippen LogP contribution in [0.15, 0.2) is 70.8 Å². The van der Waals surface area contributed by atoms with Crippen LogP contribution in [0.5, 0.6) is 0 Å². The van der Waals surface area contributed by atoms with Crippen LogP contribution in [0.2, 0.25) is 0 Å². The molecular weight excluding hydrogens is 396 g/mol. The lowest BCUT2D eigenvalue weighted by Gasteiger charge is -2.10. The molecule has 0 amide bonds. The van der Waals surface area contributed by atoms with Crippen LogP contribution < -0.4 is 10.0 Å². The zero-order valence-electron chi connectivity index (χ0n) is 14.8. The highest BCUT2D eigenvalue weighted by Crippen LogP contribution is 2.23. The van der Waals surface area contributed by atoms with Crippen molar-refractivity contribution in [3.8, 4) is 5.82 Å². The maximum atomic E-state index is 12.3. The van der Waals surface area contributed by atoms with Crippen LogP contribution in [-0.4, -0.2) is 27.9 Å². The van der Waals surface area contributed by atoms with E-state index in [1.165, 1.54) is 11.3 Å². The van der Waals surface area contributed by atoms with E-state index in [1.54, 1.807) is 65.1 Å². The summed E-state index contributed by atoms with van der Waals surface area (Å²) >= 11 is 1.17. The van der Waals surface area contributed by atoms with Gasteiger partial charge in [0.2, 0.25) is 0 Å². The van der Waals surface area contributed by atoms with E-state index in [9.17, 15) is 8.42 Å². The molecule has 0 spiro atoms. The van der Waals surface area contributed by atoms with Gasteiger partial charge >= 0.3 is 0 Å². The highest BCUT2D eigenvalue weighted by molar-refractivity contribution is 7.94. The first kappa shape index (κ1) is 18.1. The Labute approximate surface area is 166 Å². The van der Waals surface area contributed by atoms with Gasteiger partial charge in [-0.05, 0) is 42.6 Å². The van der Waals surface area contributed by atoms with Gasteiger partial charge in [-0.3, -0.25) is 9.29 Å². The van der Waals surface area contributed by atoms with Crippen molar-refractivity contribution in [2.45, 2.75) is 11.1 Å². The Morgan fingerprint density at radius 2 is 1.86 bits per heavy atom. The predicted octanol–water partition coefficient (Wildman–Crippen LogP) is 3.58. The fourth-order valence-electron chi connectivity index (χ4n) is 2.53. The van der Waals surface area contributed by atoms with E-state index in [-0.39, 0.29) is 4.21 Å². The molecular formula is C18H16N6O2S2. The van der Waals surface area contributed by atoms with Gasteiger partial charge in [0, 0.05) is 29.8 Å². The van der Waals surface area contributed by atoms with E-state index in [1.807, 2.05) is 13.0 Å². The quantitative estimate of drug-likeness (QED) is 0.502. The number of thiophene rings is 1. The number of nitrogens with one attached hydrogen (secondary N) is 2. The number of aromatic nitrogens is 4. The van der Waals surface area contributed by atoms with Crippen molar-refractivity contribution in [2.24, 2.45) is 0 Å². The molecule has 142 valence electrons. The van der Waals surface area contributed by atoms with Gasteiger partial charge in [-0.25, -0.2) is 23.4 Å². The van der Waals surface area contributed by atoms with Crippen LogP contribution in [0.4, 0.5) is 17.2 Å². The fraction of sp³-hybridized carbons (Fsp3) is 0.0556. The molecule has 0 saturated carbocycles. The van der Waals surface area contributed by atoms with Gasteiger partial charge < -0.3 is 5.32 Å². The van der Waals surface area contributed by atoms with E-state index in [0.29, 0.717) is 23.1 Å². The third-order valence-electron chi connectivity index (χ3n) is 3.76. The molecule has 0 atom stereocenters. The third-order valence-corrected chi connectivity index (χ3v) is 6.54. The zero-order valence-corrected chi connectivity index (χ0v) is 16.4. The number of rotatable bonds is 6. The molecule has 0 aliphatic heterocycles. The summed E-state index contributed by atoms with van der Waals surface area (Å²) < 4.78 is 29.2. The number of benzene rings is 1. The number of imidazole rings is 1. The van der Waals surface area contributed by atoms with Gasteiger partial charge in [-0.2, -0.15) is 0 Å². The molecule has 3 heterocycles. The van der Waals surface area contributed by atoms with Gasteiger partial charge in [0.05, 0.1) is 0 Å². The first-order chi connectivity index (χ1) is 13.5. The summed E-state index contributed by atoms with van der Waals surface area (Å²) in [5, 5.41) is 4.93. The van der Waals surface area contributed by atoms with E-state index < -0.39 is 10.0 Å². The smallest absolute Gasteiger partial charge is 0.271 e. The van der Waals surface area contributed by atoms with Crippen molar-refractivity contribution < 1.29 is 8.42 Å². The van der Waals surface area contributed by atoms with Crippen LogP contribution in [0.1, 0.15) is 5.82 Å². The Morgan fingerprint density at radius 1 is 1.07 bits per heavy atom. The molecule has 28 heavy (non-hydrogen) atoms. The van der Waals surface area contributed by atoms with Gasteiger partial charge in [-0.1, -0.05) is 6.07 Å². The van der Waals surface area contributed by atoms with E-state index in [0.717, 1.165) is 5.69 Å². The lowest BCUT2D eigenvalue weighted by molar-refractivity contribution is 0.603. The highest BCUT2D eigenvalue weighted by Gasteiger charge is 2.15. The first-order valence-corrected chi connectivity index (χ1v) is 10.6. The summed E-state index contributed by atoms with van der Waals surface area (Å²) in [4.78, 5) is 12.8. The van der Waals surface area contributed by atoms with Crippen molar-refractivity contribution in [3.63, 3.8) is 0 Å². The van der Waals surface area contributed by atoms with Crippen LogP contribution in [0.3, 0.4) is 0 Å². The van der Waals surface area contributed by atoms with E-state index >= 15 is 0 Å². The molecule has 0 saturated heterocycles. The molecule has 0 unspecified atom stereocenters. The lowest BCUT2D eigenvalue weighted by Crippen LogP contribution is -2.11. The molecule has 2 N–H and O–H groups in total. The Hall–Kier alpha value is -3.24. The van der Waals surface area contributed by atoms with Gasteiger partial charge in [0.1, 0.15) is 28.0 Å². The maximum Gasteiger partial charge on any atom is 0.271 e. The zero-order chi connectivity index (χ0) is 19.6. The molecule has 0 radical (unpaired) electrons. The van der Waals surface area contributed by atoms with Gasteiger partial charge in [-0.15, -0.1) is 11.3 Å². The van der Waals surface area contributed by atoms with Gasteiger partial charge in [0.25, 0.3) is 10.0 Å². The maximum absolute atomic E-state index is 12.3. The molecule has 10 heteroatoms. The minimum Gasteiger partial charge on any atom is -0.340 e. The highest BCUT2D eigenvalue weighted by atomic mass is 32.2. The van der Waals surface area contributed by atoms with Gasteiger partial charge in [0.15, 0.2) is 0 Å². The second-order valence-corrected chi connectivity index (χ2v) is 8.73. The van der Waals surface area contributed by atoms with Crippen LogP contribution in [-0.2, 0) is 10.0 Å². The fourth-order valence-corrected chi connectivity index (χ4v) is 4.59. The minimum absolute atomic E-state index is 0.276. The van der Waals surface area contributed by atoms with Crippen molar-refractivity contribution in [1.82, 2.24) is 19.5 Å². The molecule has 0 fully saturated rings. The molecule has 0 aliphatic carbocycles. The summed E-state index contributed by atoms with van der Waals surface area (Å²) in [6.07, 6.45) is 5.15. The Bertz CT molecular complexity index is 1170. The second-order valence-electron chi connectivity index (χ2n) is 5.87. The summed E-state index contributed by atoms with van der Waals surface area (Å²) in [5.74, 6) is 1.95. The van der Waals surface area contributed by atoms with Crippen molar-refractivity contribution in [2.75, 3.05) is 10.0 Å². The SMILES string of the molecule is Cc1nc(Nc2ccc(NS(=O)(=O)c3cccs3)cc2)cc(-n2ccnc2)n1. The topological polar surface area (TPSA) is 102 Å². The minimum atomic E-state index is -3.56. The van der Waals surface area contributed by atoms with Crippen molar-refractivity contribution in [1.29, 1.82) is 0 Å². The van der Waals surface area contributed by atoms with Crippen LogP contribution in [0, 0.1) is 6.92 Å². The average molecular weight is 413 g/mol. The van der Waals surface area contributed by atoms with Crippen LogP contribution in [0.25, 0.3) is 5.82 Å². The number of sulfonamides is 1.